The van der Waals surface area contributed by atoms with E-state index in [1.807, 2.05) is 49.0 Å². The largest absolute Gasteiger partial charge is 0.391 e. The van der Waals surface area contributed by atoms with Gasteiger partial charge in [-0.3, -0.25) is 4.79 Å². The lowest BCUT2D eigenvalue weighted by Gasteiger charge is -2.28. The lowest BCUT2D eigenvalue weighted by molar-refractivity contribution is 0.0713. The lowest BCUT2D eigenvalue weighted by Crippen LogP contribution is -2.45. The van der Waals surface area contributed by atoms with E-state index in [1.165, 1.54) is 0 Å². The summed E-state index contributed by atoms with van der Waals surface area (Å²) < 4.78 is 1.83. The number of aliphatic hydroxyl groups is 1. The van der Waals surface area contributed by atoms with Crippen molar-refractivity contribution in [3.63, 3.8) is 0 Å². The summed E-state index contributed by atoms with van der Waals surface area (Å²) in [5.41, 5.74) is 5.63. The normalized spacial score (nSPS) is 18.9. The van der Waals surface area contributed by atoms with Crippen LogP contribution < -0.4 is 5.32 Å². The van der Waals surface area contributed by atoms with Gasteiger partial charge in [-0.15, -0.1) is 0 Å². The van der Waals surface area contributed by atoms with Gasteiger partial charge in [0.15, 0.2) is 0 Å². The molecule has 1 aliphatic rings. The third kappa shape index (κ3) is 4.44. The average molecular weight is 405 g/mol. The number of nitrogens with zero attached hydrogens (tertiary/aromatic N) is 3. The molecule has 0 radical (unpaired) electrons. The highest BCUT2D eigenvalue weighted by Gasteiger charge is 2.25. The average Bonchev–Trinajstić information content (AvgIpc) is 3.28. The van der Waals surface area contributed by atoms with Gasteiger partial charge >= 0.3 is 0 Å². The number of carbonyl (C=O) groups excluding carboxylic acids is 1. The smallest absolute Gasteiger partial charge is 0.270 e. The highest BCUT2D eigenvalue weighted by molar-refractivity contribution is 5.92. The van der Waals surface area contributed by atoms with E-state index in [0.29, 0.717) is 5.69 Å². The molecule has 30 heavy (non-hydrogen) atoms. The number of hydrogen-bond acceptors (Lipinski definition) is 4. The monoisotopic (exact) mass is 404 g/mol. The van der Waals surface area contributed by atoms with Crippen LogP contribution in [-0.2, 0) is 6.42 Å². The van der Waals surface area contributed by atoms with Crippen molar-refractivity contribution in [1.82, 2.24) is 20.1 Å². The van der Waals surface area contributed by atoms with Crippen LogP contribution in [0.3, 0.4) is 0 Å². The minimum absolute atomic E-state index is 0.187. The Hall–Kier alpha value is -2.99. The molecule has 2 aromatic heterocycles. The lowest BCUT2D eigenvalue weighted by atomic mass is 9.92. The fourth-order valence-electron chi connectivity index (χ4n) is 4.03. The van der Waals surface area contributed by atoms with Crippen LogP contribution in [0.4, 0.5) is 0 Å². The fraction of sp³-hybridized carbons (Fsp3) is 0.375. The van der Waals surface area contributed by atoms with Crippen molar-refractivity contribution < 1.29 is 9.90 Å². The predicted molar refractivity (Wildman–Crippen MR) is 116 cm³/mol. The van der Waals surface area contributed by atoms with Crippen molar-refractivity contribution in [3.8, 4) is 5.69 Å². The number of hydrogen-bond donors (Lipinski definition) is 2. The SMILES string of the molecule is Cc1nc(C(=O)N[C@H]2CCCC[C@@H]2O)cc(Cc2ccc(-n3cccn3)cc2)c1C. The Morgan fingerprint density at radius 1 is 1.20 bits per heavy atom. The highest BCUT2D eigenvalue weighted by atomic mass is 16.3. The van der Waals surface area contributed by atoms with E-state index in [-0.39, 0.29) is 11.9 Å². The number of benzene rings is 1. The maximum atomic E-state index is 12.8. The molecule has 6 nitrogen and oxygen atoms in total. The van der Waals surface area contributed by atoms with Crippen molar-refractivity contribution in [2.45, 2.75) is 58.1 Å². The van der Waals surface area contributed by atoms with Crippen molar-refractivity contribution in [2.75, 3.05) is 0 Å². The first-order valence-corrected chi connectivity index (χ1v) is 10.6. The molecule has 1 fully saturated rings. The minimum atomic E-state index is -0.470. The third-order valence-electron chi connectivity index (χ3n) is 6.00. The molecule has 0 unspecified atom stereocenters. The second-order valence-corrected chi connectivity index (χ2v) is 8.10. The molecule has 4 rings (SSSR count). The van der Waals surface area contributed by atoms with Gasteiger partial charge in [0.25, 0.3) is 5.91 Å². The van der Waals surface area contributed by atoms with E-state index in [1.54, 1.807) is 6.20 Å². The molecule has 3 aromatic rings. The second kappa shape index (κ2) is 8.79. The zero-order valence-electron chi connectivity index (χ0n) is 17.5. The Morgan fingerprint density at radius 3 is 2.67 bits per heavy atom. The molecule has 0 bridgehead atoms. The van der Waals surface area contributed by atoms with Gasteiger partial charge in [-0.05, 0) is 74.1 Å². The number of aliphatic hydroxyl groups excluding tert-OH is 1. The number of rotatable bonds is 5. The number of carbonyl (C=O) groups is 1. The predicted octanol–water partition coefficient (Wildman–Crippen LogP) is 3.51. The summed E-state index contributed by atoms with van der Waals surface area (Å²) in [6.45, 7) is 3.98. The molecule has 6 heteroatoms. The van der Waals surface area contributed by atoms with Crippen LogP contribution in [0.5, 0.6) is 0 Å². The zero-order chi connectivity index (χ0) is 21.1. The molecule has 156 valence electrons. The molecule has 1 aliphatic carbocycles. The van der Waals surface area contributed by atoms with Crippen LogP contribution in [0, 0.1) is 13.8 Å². The summed E-state index contributed by atoms with van der Waals surface area (Å²) >= 11 is 0. The van der Waals surface area contributed by atoms with E-state index in [0.717, 1.165) is 60.2 Å². The molecular formula is C24H28N4O2. The van der Waals surface area contributed by atoms with Crippen LogP contribution in [0.2, 0.25) is 0 Å². The number of amides is 1. The van der Waals surface area contributed by atoms with Crippen LogP contribution in [-0.4, -0.2) is 37.9 Å². The minimum Gasteiger partial charge on any atom is -0.391 e. The summed E-state index contributed by atoms with van der Waals surface area (Å²) in [5, 5.41) is 17.4. The summed E-state index contributed by atoms with van der Waals surface area (Å²) in [6, 6.07) is 11.9. The Labute approximate surface area is 177 Å². The van der Waals surface area contributed by atoms with Gasteiger partial charge in [0.05, 0.1) is 17.8 Å². The Morgan fingerprint density at radius 2 is 1.97 bits per heavy atom. The molecule has 1 saturated carbocycles. The number of aryl methyl sites for hydroxylation is 1. The second-order valence-electron chi connectivity index (χ2n) is 8.10. The summed E-state index contributed by atoms with van der Waals surface area (Å²) in [6.07, 6.45) is 7.53. The van der Waals surface area contributed by atoms with Gasteiger partial charge in [-0.2, -0.15) is 5.10 Å². The Bertz CT molecular complexity index is 1010. The number of pyridine rings is 1. The van der Waals surface area contributed by atoms with E-state index >= 15 is 0 Å². The quantitative estimate of drug-likeness (QED) is 0.682. The van der Waals surface area contributed by atoms with Crippen molar-refractivity contribution >= 4 is 5.91 Å². The van der Waals surface area contributed by atoms with E-state index in [2.05, 4.69) is 27.5 Å². The first-order chi connectivity index (χ1) is 14.5. The maximum absolute atomic E-state index is 12.8. The van der Waals surface area contributed by atoms with E-state index in [9.17, 15) is 9.90 Å². The van der Waals surface area contributed by atoms with Crippen molar-refractivity contribution in [3.05, 3.63) is 76.9 Å². The number of nitrogens with one attached hydrogen (secondary N) is 1. The first-order valence-electron chi connectivity index (χ1n) is 10.6. The number of aromatic nitrogens is 3. The van der Waals surface area contributed by atoms with E-state index in [4.69, 9.17) is 0 Å². The molecule has 2 heterocycles. The van der Waals surface area contributed by atoms with Gasteiger partial charge in [-0.25, -0.2) is 9.67 Å². The Kier molecular flexibility index (Phi) is 5.95. The van der Waals surface area contributed by atoms with Crippen LogP contribution in [0.1, 0.15) is 58.6 Å². The van der Waals surface area contributed by atoms with Gasteiger partial charge in [0, 0.05) is 18.1 Å². The summed E-state index contributed by atoms with van der Waals surface area (Å²) in [4.78, 5) is 17.3. The van der Waals surface area contributed by atoms with Crippen LogP contribution in [0.25, 0.3) is 5.69 Å². The standard InChI is InChI=1S/C24H28N4O2/c1-16-17(2)26-22(24(30)27-21-6-3-4-7-23(21)29)15-19(16)14-18-8-10-20(11-9-18)28-13-5-12-25-28/h5,8-13,15,21,23,29H,3-4,6-7,14H2,1-2H3,(H,27,30)/t21-,23-/m0/s1. The van der Waals surface area contributed by atoms with E-state index < -0.39 is 6.10 Å². The first kappa shape index (κ1) is 20.3. The molecule has 2 N–H and O–H groups in total. The molecule has 2 atom stereocenters. The molecule has 1 aromatic carbocycles. The van der Waals surface area contributed by atoms with Crippen LogP contribution >= 0.6 is 0 Å². The van der Waals surface area contributed by atoms with Gasteiger partial charge in [-0.1, -0.05) is 25.0 Å². The van der Waals surface area contributed by atoms with Gasteiger partial charge in [0.2, 0.25) is 0 Å². The summed E-state index contributed by atoms with van der Waals surface area (Å²) in [5.74, 6) is -0.209. The maximum Gasteiger partial charge on any atom is 0.270 e. The summed E-state index contributed by atoms with van der Waals surface area (Å²) in [7, 11) is 0. The Balaban J connectivity index is 1.52. The van der Waals surface area contributed by atoms with Gasteiger partial charge < -0.3 is 10.4 Å². The van der Waals surface area contributed by atoms with Crippen LogP contribution in [0.15, 0.2) is 48.8 Å². The van der Waals surface area contributed by atoms with Crippen molar-refractivity contribution in [1.29, 1.82) is 0 Å². The molecule has 0 spiro atoms. The zero-order valence-corrected chi connectivity index (χ0v) is 17.5. The molecule has 0 aliphatic heterocycles. The van der Waals surface area contributed by atoms with Crippen molar-refractivity contribution in [2.24, 2.45) is 0 Å². The molecule has 1 amide bonds. The fourth-order valence-corrected chi connectivity index (χ4v) is 4.03. The highest BCUT2D eigenvalue weighted by Crippen LogP contribution is 2.21. The molecule has 0 saturated heterocycles. The topological polar surface area (TPSA) is 80.0 Å². The third-order valence-corrected chi connectivity index (χ3v) is 6.00. The molecular weight excluding hydrogens is 376 g/mol. The van der Waals surface area contributed by atoms with Gasteiger partial charge in [0.1, 0.15) is 5.69 Å².